The van der Waals surface area contributed by atoms with Gasteiger partial charge in [-0.3, -0.25) is 4.57 Å². The van der Waals surface area contributed by atoms with E-state index in [1.54, 1.807) is 0 Å². The molecular weight excluding hydrogens is 255 g/mol. The van der Waals surface area contributed by atoms with Crippen LogP contribution in [-0.2, 0) is 9.09 Å². The first-order valence-electron chi connectivity index (χ1n) is 7.60. The highest BCUT2D eigenvalue weighted by atomic mass is 31.2. The van der Waals surface area contributed by atoms with E-state index in [0.717, 1.165) is 38.0 Å². The summed E-state index contributed by atoms with van der Waals surface area (Å²) in [6.45, 7) is 8.46. The molecule has 0 aromatic heterocycles. The molecule has 1 aliphatic carbocycles. The molecule has 2 unspecified atom stereocenters. The molecule has 0 bridgehead atoms. The molecule has 0 radical (unpaired) electrons. The van der Waals surface area contributed by atoms with Gasteiger partial charge in [0.1, 0.15) is 0 Å². The molecule has 1 aliphatic rings. The lowest BCUT2D eigenvalue weighted by Gasteiger charge is -2.36. The predicted octanol–water partition coefficient (Wildman–Crippen LogP) is 5.40. The smallest absolute Gasteiger partial charge is 0.204 e. The van der Waals surface area contributed by atoms with Crippen molar-refractivity contribution in [3.63, 3.8) is 0 Å². The third kappa shape index (κ3) is 4.93. The molecule has 0 N–H and O–H groups in total. The van der Waals surface area contributed by atoms with Crippen molar-refractivity contribution in [2.24, 2.45) is 5.92 Å². The Labute approximate surface area is 118 Å². The van der Waals surface area contributed by atoms with E-state index < -0.39 is 13.0 Å². The Balaban J connectivity index is 2.78. The van der Waals surface area contributed by atoms with E-state index in [1.807, 2.05) is 12.2 Å². The van der Waals surface area contributed by atoms with Crippen molar-refractivity contribution in [2.75, 3.05) is 12.3 Å². The lowest BCUT2D eigenvalue weighted by Crippen LogP contribution is -2.34. The van der Waals surface area contributed by atoms with Gasteiger partial charge in [-0.2, -0.15) is 0 Å². The standard InChI is InChI=1S/C16H29O2P/c1-5-7-13-19(17,14-8-6-2)18-16(4)12-10-9-11-15(16)3/h9-12,15H,5-8,13-14H2,1-4H3. The summed E-state index contributed by atoms with van der Waals surface area (Å²) in [5, 5.41) is 0. The molecular formula is C16H29O2P. The zero-order valence-corrected chi connectivity index (χ0v) is 13.8. The summed E-state index contributed by atoms with van der Waals surface area (Å²) in [5.74, 6) is 0.272. The first-order valence-corrected chi connectivity index (χ1v) is 9.60. The first-order chi connectivity index (χ1) is 8.96. The van der Waals surface area contributed by atoms with Gasteiger partial charge in [0, 0.05) is 18.2 Å². The van der Waals surface area contributed by atoms with Crippen molar-refractivity contribution in [1.29, 1.82) is 0 Å². The molecule has 0 saturated carbocycles. The zero-order chi connectivity index (χ0) is 14.4. The normalized spacial score (nSPS) is 26.8. The maximum atomic E-state index is 13.1. The molecule has 3 heteroatoms. The minimum Gasteiger partial charge on any atom is -0.317 e. The Morgan fingerprint density at radius 1 is 1.16 bits per heavy atom. The molecule has 0 spiro atoms. The fraction of sp³-hybridized carbons (Fsp3) is 0.750. The highest BCUT2D eigenvalue weighted by Gasteiger charge is 2.36. The Kier molecular flexibility index (Phi) is 6.56. The van der Waals surface area contributed by atoms with Gasteiger partial charge in [-0.05, 0) is 19.8 Å². The molecule has 0 aliphatic heterocycles. The van der Waals surface area contributed by atoms with Crippen molar-refractivity contribution >= 4 is 7.37 Å². The highest BCUT2D eigenvalue weighted by Crippen LogP contribution is 2.54. The molecule has 2 nitrogen and oxygen atoms in total. The summed E-state index contributed by atoms with van der Waals surface area (Å²) in [6.07, 6.45) is 13.8. The van der Waals surface area contributed by atoms with Crippen LogP contribution in [0.3, 0.4) is 0 Å². The van der Waals surface area contributed by atoms with E-state index in [9.17, 15) is 4.57 Å². The second kappa shape index (κ2) is 7.45. The quantitative estimate of drug-likeness (QED) is 0.558. The predicted molar refractivity (Wildman–Crippen MR) is 84.1 cm³/mol. The average molecular weight is 284 g/mol. The number of hydrogen-bond acceptors (Lipinski definition) is 2. The minimum absolute atomic E-state index is 0.272. The fourth-order valence-corrected chi connectivity index (χ4v) is 5.24. The molecule has 1 rings (SSSR count). The number of unbranched alkanes of at least 4 members (excludes halogenated alkanes) is 2. The van der Waals surface area contributed by atoms with Gasteiger partial charge >= 0.3 is 0 Å². The summed E-state index contributed by atoms with van der Waals surface area (Å²) in [7, 11) is -2.51. The number of rotatable bonds is 8. The third-order valence-electron chi connectivity index (χ3n) is 3.91. The molecule has 0 aromatic rings. The number of hydrogen-bond donors (Lipinski definition) is 0. The molecule has 0 amide bonds. The van der Waals surface area contributed by atoms with Crippen LogP contribution in [0, 0.1) is 5.92 Å². The average Bonchev–Trinajstić information content (AvgIpc) is 2.38. The fourth-order valence-electron chi connectivity index (χ4n) is 2.29. The van der Waals surface area contributed by atoms with Crippen molar-refractivity contribution in [3.8, 4) is 0 Å². The van der Waals surface area contributed by atoms with Crippen LogP contribution in [-0.4, -0.2) is 17.9 Å². The van der Waals surface area contributed by atoms with Crippen molar-refractivity contribution < 1.29 is 9.09 Å². The zero-order valence-electron chi connectivity index (χ0n) is 12.9. The van der Waals surface area contributed by atoms with Gasteiger partial charge in [0.15, 0.2) is 0 Å². The van der Waals surface area contributed by atoms with E-state index in [-0.39, 0.29) is 5.92 Å². The van der Waals surface area contributed by atoms with Crippen LogP contribution in [0.5, 0.6) is 0 Å². The summed E-state index contributed by atoms with van der Waals surface area (Å²) in [5.41, 5.74) is -0.411. The van der Waals surface area contributed by atoms with E-state index in [0.29, 0.717) is 0 Å². The number of allylic oxidation sites excluding steroid dienone is 2. The lowest BCUT2D eigenvalue weighted by molar-refractivity contribution is 0.104. The van der Waals surface area contributed by atoms with Crippen molar-refractivity contribution in [2.45, 2.75) is 59.0 Å². The third-order valence-corrected chi connectivity index (χ3v) is 6.63. The second-order valence-electron chi connectivity index (χ2n) is 5.78. The van der Waals surface area contributed by atoms with Crippen molar-refractivity contribution in [3.05, 3.63) is 24.3 Å². The summed E-state index contributed by atoms with van der Waals surface area (Å²) < 4.78 is 19.3. The molecule has 0 aromatic carbocycles. The van der Waals surface area contributed by atoms with Crippen LogP contribution in [0.4, 0.5) is 0 Å². The Hall–Kier alpha value is -0.330. The monoisotopic (exact) mass is 284 g/mol. The molecule has 0 heterocycles. The summed E-state index contributed by atoms with van der Waals surface area (Å²) in [6, 6.07) is 0. The Bertz CT molecular complexity index is 361. The molecule has 0 saturated heterocycles. The van der Waals surface area contributed by atoms with Gasteiger partial charge in [-0.1, -0.05) is 57.9 Å². The maximum absolute atomic E-state index is 13.1. The van der Waals surface area contributed by atoms with Gasteiger partial charge in [0.2, 0.25) is 7.37 Å². The SMILES string of the molecule is CCCCP(=O)(CCCC)OC1(C)C=CC=CC1C. The maximum Gasteiger partial charge on any atom is 0.204 e. The van der Waals surface area contributed by atoms with E-state index in [4.69, 9.17) is 4.52 Å². The van der Waals surface area contributed by atoms with Crippen LogP contribution >= 0.6 is 7.37 Å². The van der Waals surface area contributed by atoms with Gasteiger partial charge < -0.3 is 4.52 Å². The highest BCUT2D eigenvalue weighted by molar-refractivity contribution is 7.59. The van der Waals surface area contributed by atoms with Crippen LogP contribution in [0.1, 0.15) is 53.4 Å². The molecule has 2 atom stereocenters. The minimum atomic E-state index is -2.51. The Morgan fingerprint density at radius 2 is 1.74 bits per heavy atom. The largest absolute Gasteiger partial charge is 0.317 e. The van der Waals surface area contributed by atoms with E-state index in [1.165, 1.54) is 0 Å². The molecule has 19 heavy (non-hydrogen) atoms. The molecule has 110 valence electrons. The van der Waals surface area contributed by atoms with Crippen LogP contribution in [0.2, 0.25) is 0 Å². The van der Waals surface area contributed by atoms with Gasteiger partial charge in [0.05, 0.1) is 5.60 Å². The summed E-state index contributed by atoms with van der Waals surface area (Å²) in [4.78, 5) is 0. The van der Waals surface area contributed by atoms with Crippen LogP contribution < -0.4 is 0 Å². The first kappa shape index (κ1) is 16.7. The second-order valence-corrected chi connectivity index (χ2v) is 8.48. The van der Waals surface area contributed by atoms with E-state index >= 15 is 0 Å². The van der Waals surface area contributed by atoms with Crippen molar-refractivity contribution in [1.82, 2.24) is 0 Å². The van der Waals surface area contributed by atoms with E-state index in [2.05, 4.69) is 39.8 Å². The van der Waals surface area contributed by atoms with Gasteiger partial charge in [-0.25, -0.2) is 0 Å². The van der Waals surface area contributed by atoms with Gasteiger partial charge in [-0.15, -0.1) is 0 Å². The summed E-state index contributed by atoms with van der Waals surface area (Å²) >= 11 is 0. The van der Waals surface area contributed by atoms with Gasteiger partial charge in [0.25, 0.3) is 0 Å². The van der Waals surface area contributed by atoms with Crippen LogP contribution in [0.25, 0.3) is 0 Å². The molecule has 0 fully saturated rings. The lowest BCUT2D eigenvalue weighted by atomic mass is 9.87. The Morgan fingerprint density at radius 3 is 2.21 bits per heavy atom. The topological polar surface area (TPSA) is 26.3 Å². The van der Waals surface area contributed by atoms with Crippen LogP contribution in [0.15, 0.2) is 24.3 Å².